The zero-order valence-corrected chi connectivity index (χ0v) is 7.85. The predicted octanol–water partition coefficient (Wildman–Crippen LogP) is 0.641. The van der Waals surface area contributed by atoms with Crippen molar-refractivity contribution in [2.45, 2.75) is 25.8 Å². The third-order valence-electron chi connectivity index (χ3n) is 1.04. The van der Waals surface area contributed by atoms with Crippen LogP contribution in [0.25, 0.3) is 0 Å². The monoisotopic (exact) mass is 193 g/mol. The molecule has 0 bridgehead atoms. The molecule has 4 nitrogen and oxygen atoms in total. The van der Waals surface area contributed by atoms with Crippen LogP contribution in [0.5, 0.6) is 0 Å². The first-order valence-corrected chi connectivity index (χ1v) is 4.00. The van der Waals surface area contributed by atoms with Crippen LogP contribution in [0, 0.1) is 0 Å². The van der Waals surface area contributed by atoms with E-state index in [9.17, 15) is 9.59 Å². The van der Waals surface area contributed by atoms with E-state index in [1.807, 2.05) is 0 Å². The number of alkyl halides is 1. The average molecular weight is 194 g/mol. The number of esters is 1. The first kappa shape index (κ1) is 11.2. The Balaban J connectivity index is 3.37. The van der Waals surface area contributed by atoms with E-state index in [0.29, 0.717) is 6.42 Å². The van der Waals surface area contributed by atoms with Gasteiger partial charge >= 0.3 is 5.97 Å². The van der Waals surface area contributed by atoms with Crippen LogP contribution in [0.2, 0.25) is 0 Å². The van der Waals surface area contributed by atoms with Gasteiger partial charge in [-0.2, -0.15) is 0 Å². The van der Waals surface area contributed by atoms with Gasteiger partial charge in [0.1, 0.15) is 5.50 Å². The Labute approximate surface area is 76.2 Å². The number of halogens is 1. The van der Waals surface area contributed by atoms with Gasteiger partial charge in [0.25, 0.3) is 0 Å². The van der Waals surface area contributed by atoms with Crippen molar-refractivity contribution >= 4 is 23.5 Å². The zero-order valence-electron chi connectivity index (χ0n) is 7.09. The molecular formula is C7H12ClNO3. The van der Waals surface area contributed by atoms with Crippen molar-refractivity contribution in [2.75, 3.05) is 6.61 Å². The molecule has 1 N–H and O–H groups in total. The third kappa shape index (κ3) is 7.34. The van der Waals surface area contributed by atoms with Crippen molar-refractivity contribution in [1.82, 2.24) is 5.32 Å². The number of amides is 1. The number of ether oxygens (including phenoxy) is 1. The molecule has 0 aromatic rings. The van der Waals surface area contributed by atoms with Gasteiger partial charge in [-0.3, -0.25) is 9.59 Å². The lowest BCUT2D eigenvalue weighted by Gasteiger charge is -2.09. The molecule has 12 heavy (non-hydrogen) atoms. The van der Waals surface area contributed by atoms with E-state index < -0.39 is 5.50 Å². The van der Waals surface area contributed by atoms with E-state index in [-0.39, 0.29) is 18.5 Å². The van der Waals surface area contributed by atoms with Crippen LogP contribution < -0.4 is 5.32 Å². The SMILES string of the molecule is CC(=O)NC(Cl)CCOC(C)=O. The summed E-state index contributed by atoms with van der Waals surface area (Å²) < 4.78 is 4.62. The Morgan fingerprint density at radius 2 is 2.08 bits per heavy atom. The maximum Gasteiger partial charge on any atom is 0.302 e. The molecule has 0 rings (SSSR count). The lowest BCUT2D eigenvalue weighted by atomic mass is 10.4. The second kappa shape index (κ2) is 5.83. The molecule has 0 heterocycles. The molecule has 0 spiro atoms. The molecule has 0 aliphatic heterocycles. The Hall–Kier alpha value is -0.770. The van der Waals surface area contributed by atoms with E-state index in [0.717, 1.165) is 0 Å². The predicted molar refractivity (Wildman–Crippen MR) is 44.7 cm³/mol. The Bertz CT molecular complexity index is 172. The van der Waals surface area contributed by atoms with Gasteiger partial charge in [-0.25, -0.2) is 0 Å². The Morgan fingerprint density at radius 1 is 1.50 bits per heavy atom. The number of carbonyl (C=O) groups is 2. The van der Waals surface area contributed by atoms with Crippen LogP contribution in [-0.4, -0.2) is 24.0 Å². The molecule has 0 aliphatic carbocycles. The first-order valence-electron chi connectivity index (χ1n) is 3.57. The van der Waals surface area contributed by atoms with Crippen molar-refractivity contribution < 1.29 is 14.3 Å². The lowest BCUT2D eigenvalue weighted by molar-refractivity contribution is -0.141. The summed E-state index contributed by atoms with van der Waals surface area (Å²) in [5, 5.41) is 2.45. The zero-order chi connectivity index (χ0) is 9.56. The van der Waals surface area contributed by atoms with Crippen molar-refractivity contribution in [3.63, 3.8) is 0 Å². The summed E-state index contributed by atoms with van der Waals surface area (Å²) in [6, 6.07) is 0. The largest absolute Gasteiger partial charge is 0.466 e. The quantitative estimate of drug-likeness (QED) is 0.405. The standard InChI is InChI=1S/C7H12ClNO3/c1-5(10)9-7(8)3-4-12-6(2)11/h7H,3-4H2,1-2H3,(H,9,10). The summed E-state index contributed by atoms with van der Waals surface area (Å²) in [5.74, 6) is -0.542. The van der Waals surface area contributed by atoms with Gasteiger partial charge in [0.05, 0.1) is 6.61 Å². The van der Waals surface area contributed by atoms with Crippen molar-refractivity contribution in [3.05, 3.63) is 0 Å². The summed E-state index contributed by atoms with van der Waals surface area (Å²) in [7, 11) is 0. The van der Waals surface area contributed by atoms with E-state index in [1.165, 1.54) is 13.8 Å². The minimum atomic E-state index is -0.471. The molecule has 0 aromatic carbocycles. The number of nitrogens with one attached hydrogen (secondary N) is 1. The van der Waals surface area contributed by atoms with E-state index in [1.54, 1.807) is 0 Å². The van der Waals surface area contributed by atoms with Crippen LogP contribution in [0.15, 0.2) is 0 Å². The van der Waals surface area contributed by atoms with Crippen LogP contribution >= 0.6 is 11.6 Å². The fourth-order valence-electron chi connectivity index (χ4n) is 0.599. The number of hydrogen-bond acceptors (Lipinski definition) is 3. The van der Waals surface area contributed by atoms with Crippen molar-refractivity contribution in [1.29, 1.82) is 0 Å². The molecule has 0 saturated heterocycles. The Kier molecular flexibility index (Phi) is 5.45. The topological polar surface area (TPSA) is 55.4 Å². The molecular weight excluding hydrogens is 182 g/mol. The van der Waals surface area contributed by atoms with Crippen LogP contribution in [0.3, 0.4) is 0 Å². The maximum atomic E-state index is 10.4. The van der Waals surface area contributed by atoms with E-state index in [4.69, 9.17) is 11.6 Å². The molecule has 1 unspecified atom stereocenters. The molecule has 0 saturated carbocycles. The fraction of sp³-hybridized carbons (Fsp3) is 0.714. The molecule has 0 radical (unpaired) electrons. The average Bonchev–Trinajstić information content (AvgIpc) is 1.84. The summed E-state index contributed by atoms with van der Waals surface area (Å²) >= 11 is 5.64. The van der Waals surface area contributed by atoms with E-state index >= 15 is 0 Å². The fourth-order valence-corrected chi connectivity index (χ4v) is 0.842. The van der Waals surface area contributed by atoms with Crippen LogP contribution in [-0.2, 0) is 14.3 Å². The third-order valence-corrected chi connectivity index (χ3v) is 1.36. The molecule has 5 heteroatoms. The Morgan fingerprint density at radius 3 is 2.50 bits per heavy atom. The van der Waals surface area contributed by atoms with Crippen LogP contribution in [0.1, 0.15) is 20.3 Å². The second-order valence-electron chi connectivity index (χ2n) is 2.30. The van der Waals surface area contributed by atoms with Gasteiger partial charge in [-0.1, -0.05) is 11.6 Å². The van der Waals surface area contributed by atoms with Gasteiger partial charge in [0, 0.05) is 20.3 Å². The number of hydrogen-bond donors (Lipinski definition) is 1. The van der Waals surface area contributed by atoms with Gasteiger partial charge < -0.3 is 10.1 Å². The summed E-state index contributed by atoms with van der Waals surface area (Å²) in [6.07, 6.45) is 0.417. The minimum Gasteiger partial charge on any atom is -0.466 e. The number of carbonyl (C=O) groups excluding carboxylic acids is 2. The highest BCUT2D eigenvalue weighted by atomic mass is 35.5. The number of rotatable bonds is 4. The normalized spacial score (nSPS) is 11.9. The molecule has 70 valence electrons. The molecule has 0 fully saturated rings. The summed E-state index contributed by atoms with van der Waals surface area (Å²) in [6.45, 7) is 2.92. The van der Waals surface area contributed by atoms with Gasteiger partial charge in [-0.15, -0.1) is 0 Å². The van der Waals surface area contributed by atoms with Gasteiger partial charge in [0.15, 0.2) is 0 Å². The minimum absolute atomic E-state index is 0.196. The van der Waals surface area contributed by atoms with Gasteiger partial charge in [0.2, 0.25) is 5.91 Å². The van der Waals surface area contributed by atoms with Crippen molar-refractivity contribution in [3.8, 4) is 0 Å². The highest BCUT2D eigenvalue weighted by molar-refractivity contribution is 6.21. The first-order chi connectivity index (χ1) is 5.52. The van der Waals surface area contributed by atoms with Crippen molar-refractivity contribution in [2.24, 2.45) is 0 Å². The lowest BCUT2D eigenvalue weighted by Crippen LogP contribution is -2.29. The molecule has 1 amide bonds. The smallest absolute Gasteiger partial charge is 0.302 e. The summed E-state index contributed by atoms with van der Waals surface area (Å²) in [4.78, 5) is 20.7. The van der Waals surface area contributed by atoms with E-state index in [2.05, 4.69) is 10.1 Å². The maximum absolute atomic E-state index is 10.4. The molecule has 1 atom stereocenters. The van der Waals surface area contributed by atoms with Gasteiger partial charge in [-0.05, 0) is 0 Å². The second-order valence-corrected chi connectivity index (χ2v) is 2.82. The summed E-state index contributed by atoms with van der Waals surface area (Å²) in [5.41, 5.74) is -0.471. The highest BCUT2D eigenvalue weighted by Crippen LogP contribution is 1.97. The van der Waals surface area contributed by atoms with Crippen LogP contribution in [0.4, 0.5) is 0 Å². The highest BCUT2D eigenvalue weighted by Gasteiger charge is 2.05. The molecule has 0 aromatic heterocycles. The molecule has 0 aliphatic rings.